The molecule has 0 unspecified atom stereocenters. The van der Waals surface area contributed by atoms with Crippen LogP contribution in [-0.2, 0) is 5.41 Å². The van der Waals surface area contributed by atoms with Crippen molar-refractivity contribution in [2.75, 3.05) is 13.7 Å². The molecule has 0 aliphatic rings. The van der Waals surface area contributed by atoms with Crippen LogP contribution in [0.1, 0.15) is 19.4 Å². The predicted octanol–water partition coefficient (Wildman–Crippen LogP) is 2.24. The van der Waals surface area contributed by atoms with Gasteiger partial charge >= 0.3 is 0 Å². The molecule has 1 aromatic rings. The molecule has 1 N–H and O–H groups in total. The molecule has 0 bridgehead atoms. The minimum absolute atomic E-state index is 0.120. The standard InChI is InChI=1S/C11H14F2O2/c1-11(2,6-14)10-8(12)4-7(15-3)5-9(10)13/h4-5,14H,6H2,1-3H3. The van der Waals surface area contributed by atoms with Crippen molar-refractivity contribution >= 4 is 0 Å². The van der Waals surface area contributed by atoms with Crippen molar-refractivity contribution in [1.29, 1.82) is 0 Å². The molecule has 0 aliphatic carbocycles. The Morgan fingerprint density at radius 1 is 1.27 bits per heavy atom. The Morgan fingerprint density at radius 2 is 1.73 bits per heavy atom. The van der Waals surface area contributed by atoms with E-state index in [2.05, 4.69) is 0 Å². The number of aliphatic hydroxyl groups is 1. The highest BCUT2D eigenvalue weighted by molar-refractivity contribution is 5.34. The molecule has 1 aromatic carbocycles. The topological polar surface area (TPSA) is 29.5 Å². The molecule has 0 amide bonds. The highest BCUT2D eigenvalue weighted by Crippen LogP contribution is 2.30. The zero-order valence-electron chi connectivity index (χ0n) is 8.97. The second-order valence-electron chi connectivity index (χ2n) is 4.01. The Balaban J connectivity index is 3.31. The first-order valence-electron chi connectivity index (χ1n) is 4.56. The van der Waals surface area contributed by atoms with E-state index in [1.165, 1.54) is 7.11 Å². The summed E-state index contributed by atoms with van der Waals surface area (Å²) in [7, 11) is 1.34. The van der Waals surface area contributed by atoms with Crippen LogP contribution in [0.5, 0.6) is 5.75 Å². The lowest BCUT2D eigenvalue weighted by Crippen LogP contribution is -2.25. The predicted molar refractivity (Wildman–Crippen MR) is 53.0 cm³/mol. The summed E-state index contributed by atoms with van der Waals surface area (Å²) in [6, 6.07) is 2.21. The molecule has 0 spiro atoms. The lowest BCUT2D eigenvalue weighted by atomic mass is 9.85. The summed E-state index contributed by atoms with van der Waals surface area (Å²) in [5.74, 6) is -1.28. The van der Waals surface area contributed by atoms with E-state index in [-0.39, 0.29) is 17.9 Å². The van der Waals surface area contributed by atoms with Crippen molar-refractivity contribution < 1.29 is 18.6 Å². The fourth-order valence-electron chi connectivity index (χ4n) is 1.39. The summed E-state index contributed by atoms with van der Waals surface area (Å²) in [5.41, 5.74) is -1.06. The van der Waals surface area contributed by atoms with Gasteiger partial charge in [0.1, 0.15) is 17.4 Å². The Labute approximate surface area is 87.5 Å². The maximum absolute atomic E-state index is 13.5. The maximum atomic E-state index is 13.5. The Bertz CT molecular complexity index is 339. The summed E-state index contributed by atoms with van der Waals surface area (Å²) in [4.78, 5) is 0. The van der Waals surface area contributed by atoms with E-state index in [1.807, 2.05) is 0 Å². The van der Waals surface area contributed by atoms with Crippen LogP contribution in [0.15, 0.2) is 12.1 Å². The van der Waals surface area contributed by atoms with Gasteiger partial charge in [-0.1, -0.05) is 13.8 Å². The summed E-state index contributed by atoms with van der Waals surface area (Å²) in [6.07, 6.45) is 0. The Hall–Kier alpha value is -1.16. The zero-order chi connectivity index (χ0) is 11.6. The van der Waals surface area contributed by atoms with Crippen LogP contribution in [0.2, 0.25) is 0 Å². The SMILES string of the molecule is COc1cc(F)c(C(C)(C)CO)c(F)c1. The van der Waals surface area contributed by atoms with Crippen LogP contribution in [0, 0.1) is 11.6 Å². The third-order valence-corrected chi connectivity index (χ3v) is 2.32. The van der Waals surface area contributed by atoms with Crippen molar-refractivity contribution in [2.45, 2.75) is 19.3 Å². The molecule has 1 rings (SSSR count). The normalized spacial score (nSPS) is 11.6. The van der Waals surface area contributed by atoms with Gasteiger partial charge in [-0.25, -0.2) is 8.78 Å². The molecule has 0 saturated heterocycles. The molecule has 0 radical (unpaired) electrons. The summed E-state index contributed by atoms with van der Waals surface area (Å²) >= 11 is 0. The molecule has 0 heterocycles. The summed E-state index contributed by atoms with van der Waals surface area (Å²) in [6.45, 7) is 2.81. The van der Waals surface area contributed by atoms with E-state index in [0.29, 0.717) is 0 Å². The molecule has 0 atom stereocenters. The van der Waals surface area contributed by atoms with Crippen LogP contribution < -0.4 is 4.74 Å². The fourth-order valence-corrected chi connectivity index (χ4v) is 1.39. The van der Waals surface area contributed by atoms with E-state index >= 15 is 0 Å². The molecule has 0 fully saturated rings. The van der Waals surface area contributed by atoms with E-state index in [1.54, 1.807) is 13.8 Å². The summed E-state index contributed by atoms with van der Waals surface area (Å²) < 4.78 is 31.8. The monoisotopic (exact) mass is 216 g/mol. The van der Waals surface area contributed by atoms with Gasteiger partial charge in [0, 0.05) is 23.1 Å². The van der Waals surface area contributed by atoms with Gasteiger partial charge in [-0.05, 0) is 0 Å². The van der Waals surface area contributed by atoms with Crippen molar-refractivity contribution in [3.63, 3.8) is 0 Å². The average Bonchev–Trinajstić information content (AvgIpc) is 2.16. The number of benzene rings is 1. The first-order valence-corrected chi connectivity index (χ1v) is 4.56. The van der Waals surface area contributed by atoms with Crippen LogP contribution in [0.3, 0.4) is 0 Å². The van der Waals surface area contributed by atoms with E-state index in [4.69, 9.17) is 9.84 Å². The van der Waals surface area contributed by atoms with Gasteiger partial charge in [-0.3, -0.25) is 0 Å². The summed E-state index contributed by atoms with van der Waals surface area (Å²) in [5, 5.41) is 9.06. The van der Waals surface area contributed by atoms with Crippen molar-refractivity contribution in [2.24, 2.45) is 0 Å². The van der Waals surface area contributed by atoms with Gasteiger partial charge in [-0.2, -0.15) is 0 Å². The number of halogens is 2. The molecular formula is C11H14F2O2. The minimum atomic E-state index is -0.944. The van der Waals surface area contributed by atoms with Gasteiger partial charge in [0.05, 0.1) is 13.7 Å². The van der Waals surface area contributed by atoms with E-state index in [0.717, 1.165) is 12.1 Å². The lowest BCUT2D eigenvalue weighted by Gasteiger charge is -2.23. The largest absolute Gasteiger partial charge is 0.497 e. The highest BCUT2D eigenvalue weighted by Gasteiger charge is 2.27. The van der Waals surface area contributed by atoms with Crippen LogP contribution in [0.4, 0.5) is 8.78 Å². The molecule has 15 heavy (non-hydrogen) atoms. The molecular weight excluding hydrogens is 202 g/mol. The van der Waals surface area contributed by atoms with Crippen molar-refractivity contribution in [1.82, 2.24) is 0 Å². The minimum Gasteiger partial charge on any atom is -0.497 e. The highest BCUT2D eigenvalue weighted by atomic mass is 19.1. The second kappa shape index (κ2) is 4.14. The van der Waals surface area contributed by atoms with Gasteiger partial charge in [0.15, 0.2) is 0 Å². The quantitative estimate of drug-likeness (QED) is 0.839. The third kappa shape index (κ3) is 2.26. The van der Waals surface area contributed by atoms with Crippen LogP contribution in [0.25, 0.3) is 0 Å². The number of ether oxygens (including phenoxy) is 1. The van der Waals surface area contributed by atoms with Crippen molar-refractivity contribution in [3.8, 4) is 5.75 Å². The Morgan fingerprint density at radius 3 is 2.07 bits per heavy atom. The number of hydrogen-bond donors (Lipinski definition) is 1. The first-order chi connectivity index (χ1) is 6.92. The molecule has 84 valence electrons. The number of rotatable bonds is 3. The third-order valence-electron chi connectivity index (χ3n) is 2.32. The number of methoxy groups -OCH3 is 1. The number of hydrogen-bond acceptors (Lipinski definition) is 2. The molecule has 0 aromatic heterocycles. The lowest BCUT2D eigenvalue weighted by molar-refractivity contribution is 0.210. The maximum Gasteiger partial charge on any atom is 0.133 e. The Kier molecular flexibility index (Phi) is 3.29. The average molecular weight is 216 g/mol. The fraction of sp³-hybridized carbons (Fsp3) is 0.455. The zero-order valence-corrected chi connectivity index (χ0v) is 8.97. The van der Waals surface area contributed by atoms with E-state index < -0.39 is 17.0 Å². The molecule has 4 heteroatoms. The molecule has 2 nitrogen and oxygen atoms in total. The van der Waals surface area contributed by atoms with Gasteiger partial charge in [0.2, 0.25) is 0 Å². The van der Waals surface area contributed by atoms with Crippen molar-refractivity contribution in [3.05, 3.63) is 29.3 Å². The van der Waals surface area contributed by atoms with Crippen LogP contribution in [-0.4, -0.2) is 18.8 Å². The van der Waals surface area contributed by atoms with E-state index in [9.17, 15) is 8.78 Å². The van der Waals surface area contributed by atoms with Gasteiger partial charge in [-0.15, -0.1) is 0 Å². The van der Waals surface area contributed by atoms with Gasteiger partial charge in [0.25, 0.3) is 0 Å². The first kappa shape index (κ1) is 11.9. The van der Waals surface area contributed by atoms with Gasteiger partial charge < -0.3 is 9.84 Å². The molecule has 0 aliphatic heterocycles. The molecule has 0 saturated carbocycles. The number of aliphatic hydroxyl groups excluding tert-OH is 1. The van der Waals surface area contributed by atoms with Crippen LogP contribution >= 0.6 is 0 Å². The smallest absolute Gasteiger partial charge is 0.133 e. The second-order valence-corrected chi connectivity index (χ2v) is 4.01.